The Balaban J connectivity index is 1.06. The minimum atomic E-state index is -1.20. The number of carboxylic acid groups (broad SMARTS) is 1. The van der Waals surface area contributed by atoms with Gasteiger partial charge in [-0.3, -0.25) is 14.4 Å². The summed E-state index contributed by atoms with van der Waals surface area (Å²) in [7, 11) is 0. The van der Waals surface area contributed by atoms with E-state index in [1.807, 2.05) is 60.7 Å². The zero-order valence-corrected chi connectivity index (χ0v) is 27.2. The lowest BCUT2D eigenvalue weighted by Gasteiger charge is -2.20. The number of rotatable bonds is 16. The maximum absolute atomic E-state index is 13.1. The quantitative estimate of drug-likeness (QED) is 0.113. The molecule has 50 heavy (non-hydrogen) atoms. The van der Waals surface area contributed by atoms with E-state index in [9.17, 15) is 29.1 Å². The van der Waals surface area contributed by atoms with Crippen LogP contribution < -0.4 is 21.3 Å². The standard InChI is InChI=1S/C38H38N4O8/c43-34(21-40-38(48)49-23-31-29-17-9-7-15-27(29)28-16-8-10-18-30(28)31)39-22-35(44)42-32(19-25-11-3-1-4-12-25)36(45)41-24-50-33(37(46)47)20-26-13-5-2-6-14-26/h1-18,31-33H,19-24H2,(H,39,43)(H,40,48)(H,41,45)(H,42,44)(H,46,47). The van der Waals surface area contributed by atoms with Crippen LogP contribution in [0.2, 0.25) is 0 Å². The van der Waals surface area contributed by atoms with Crippen LogP contribution in [-0.2, 0) is 41.5 Å². The second-order valence-electron chi connectivity index (χ2n) is 11.6. The fourth-order valence-electron chi connectivity index (χ4n) is 5.73. The topological polar surface area (TPSA) is 172 Å². The van der Waals surface area contributed by atoms with Crippen LogP contribution in [0.15, 0.2) is 109 Å². The number of benzene rings is 4. The Bertz CT molecular complexity index is 1760. The van der Waals surface area contributed by atoms with E-state index in [4.69, 9.17) is 9.47 Å². The summed E-state index contributed by atoms with van der Waals surface area (Å²) in [5, 5.41) is 19.5. The third-order valence-electron chi connectivity index (χ3n) is 8.19. The van der Waals surface area contributed by atoms with Gasteiger partial charge in [-0.2, -0.15) is 0 Å². The van der Waals surface area contributed by atoms with E-state index in [2.05, 4.69) is 21.3 Å². The Morgan fingerprint density at radius 3 is 1.78 bits per heavy atom. The zero-order chi connectivity index (χ0) is 35.3. The van der Waals surface area contributed by atoms with Gasteiger partial charge in [0.1, 0.15) is 25.9 Å². The van der Waals surface area contributed by atoms with E-state index >= 15 is 0 Å². The molecule has 2 atom stereocenters. The van der Waals surface area contributed by atoms with E-state index in [0.29, 0.717) is 0 Å². The molecule has 4 amide bonds. The number of carbonyl (C=O) groups excluding carboxylic acids is 4. The van der Waals surface area contributed by atoms with Crippen LogP contribution in [0.3, 0.4) is 0 Å². The van der Waals surface area contributed by atoms with Crippen LogP contribution in [0.4, 0.5) is 4.79 Å². The summed E-state index contributed by atoms with van der Waals surface area (Å²) in [4.78, 5) is 62.5. The largest absolute Gasteiger partial charge is 0.479 e. The average molecular weight is 679 g/mol. The molecule has 0 heterocycles. The normalized spacial score (nSPS) is 12.8. The molecule has 12 nitrogen and oxygen atoms in total. The Kier molecular flexibility index (Phi) is 12.3. The van der Waals surface area contributed by atoms with Gasteiger partial charge in [0, 0.05) is 18.8 Å². The third kappa shape index (κ3) is 9.77. The van der Waals surface area contributed by atoms with Crippen LogP contribution in [-0.4, -0.2) is 73.5 Å². The molecule has 1 aliphatic carbocycles. The smallest absolute Gasteiger partial charge is 0.407 e. The number of aliphatic carboxylic acids is 1. The fraction of sp³-hybridized carbons (Fsp3) is 0.237. The predicted octanol–water partition coefficient (Wildman–Crippen LogP) is 3.16. The third-order valence-corrected chi connectivity index (χ3v) is 8.19. The molecule has 258 valence electrons. The number of hydrogen-bond donors (Lipinski definition) is 5. The average Bonchev–Trinajstić information content (AvgIpc) is 3.45. The maximum Gasteiger partial charge on any atom is 0.407 e. The first kappa shape index (κ1) is 35.3. The van der Waals surface area contributed by atoms with Crippen molar-refractivity contribution in [3.63, 3.8) is 0 Å². The number of carboxylic acids is 1. The first-order valence-electron chi connectivity index (χ1n) is 16.1. The molecule has 4 aromatic rings. The first-order chi connectivity index (χ1) is 24.3. The molecule has 4 aromatic carbocycles. The molecule has 0 bridgehead atoms. The van der Waals surface area contributed by atoms with E-state index in [-0.39, 0.29) is 25.4 Å². The predicted molar refractivity (Wildman–Crippen MR) is 184 cm³/mol. The Morgan fingerprint density at radius 2 is 1.18 bits per heavy atom. The van der Waals surface area contributed by atoms with Crippen LogP contribution >= 0.6 is 0 Å². The highest BCUT2D eigenvalue weighted by Crippen LogP contribution is 2.44. The van der Waals surface area contributed by atoms with Crippen LogP contribution in [0.5, 0.6) is 0 Å². The van der Waals surface area contributed by atoms with Gasteiger partial charge in [0.25, 0.3) is 0 Å². The van der Waals surface area contributed by atoms with E-state index in [0.717, 1.165) is 33.4 Å². The molecule has 0 aromatic heterocycles. The number of alkyl carbamates (subject to hydrolysis) is 1. The summed E-state index contributed by atoms with van der Waals surface area (Å²) >= 11 is 0. The van der Waals surface area contributed by atoms with Crippen LogP contribution in [0.25, 0.3) is 11.1 Å². The first-order valence-corrected chi connectivity index (χ1v) is 16.1. The summed E-state index contributed by atoms with van der Waals surface area (Å²) in [6.45, 7) is -1.20. The van der Waals surface area contributed by atoms with Gasteiger partial charge in [-0.05, 0) is 33.4 Å². The van der Waals surface area contributed by atoms with Crippen molar-refractivity contribution in [2.45, 2.75) is 30.9 Å². The van der Waals surface area contributed by atoms with Crippen molar-refractivity contribution >= 4 is 29.8 Å². The summed E-state index contributed by atoms with van der Waals surface area (Å²) in [5.41, 5.74) is 5.83. The fourth-order valence-corrected chi connectivity index (χ4v) is 5.73. The van der Waals surface area contributed by atoms with Gasteiger partial charge in [0.05, 0.1) is 6.54 Å². The van der Waals surface area contributed by atoms with E-state index in [1.54, 1.807) is 48.5 Å². The molecule has 0 saturated carbocycles. The second kappa shape index (κ2) is 17.4. The number of nitrogens with one attached hydrogen (secondary N) is 4. The van der Waals surface area contributed by atoms with Crippen LogP contribution in [0, 0.1) is 0 Å². The highest BCUT2D eigenvalue weighted by atomic mass is 16.5. The Morgan fingerprint density at radius 1 is 0.640 bits per heavy atom. The number of amides is 4. The molecule has 5 N–H and O–H groups in total. The molecule has 2 unspecified atom stereocenters. The number of carbonyl (C=O) groups is 5. The molecule has 0 spiro atoms. The summed E-state index contributed by atoms with van der Waals surface area (Å²) in [5.74, 6) is -3.20. The van der Waals surface area contributed by atoms with Gasteiger partial charge in [-0.25, -0.2) is 9.59 Å². The zero-order valence-electron chi connectivity index (χ0n) is 27.2. The molecule has 0 fully saturated rings. The summed E-state index contributed by atoms with van der Waals surface area (Å²) in [6.07, 6.45) is -1.74. The minimum absolute atomic E-state index is 0.0871. The number of hydrogen-bond acceptors (Lipinski definition) is 7. The van der Waals surface area contributed by atoms with E-state index in [1.165, 1.54) is 0 Å². The SMILES string of the molecule is O=C(CNC(=O)OCC1c2ccccc2-c2ccccc21)NCC(=O)NC(Cc1ccccc1)C(=O)NCOC(Cc1ccccc1)C(=O)O. The summed E-state index contributed by atoms with van der Waals surface area (Å²) < 4.78 is 10.9. The van der Waals surface area contributed by atoms with Crippen molar-refractivity contribution in [1.82, 2.24) is 21.3 Å². The van der Waals surface area contributed by atoms with Gasteiger partial charge in [-0.15, -0.1) is 0 Å². The van der Waals surface area contributed by atoms with E-state index < -0.39 is 61.8 Å². The Hall–Kier alpha value is -6.01. The number of fused-ring (bicyclic) bond motifs is 3. The van der Waals surface area contributed by atoms with Crippen molar-refractivity contribution in [3.8, 4) is 11.1 Å². The van der Waals surface area contributed by atoms with Gasteiger partial charge >= 0.3 is 12.1 Å². The van der Waals surface area contributed by atoms with Crippen molar-refractivity contribution in [1.29, 1.82) is 0 Å². The lowest BCUT2D eigenvalue weighted by atomic mass is 9.98. The molecular formula is C38H38N4O8. The molecule has 0 aliphatic heterocycles. The van der Waals surface area contributed by atoms with Crippen molar-refractivity contribution in [2.75, 3.05) is 26.4 Å². The monoisotopic (exact) mass is 678 g/mol. The Labute approximate surface area is 289 Å². The van der Waals surface area contributed by atoms with Crippen molar-refractivity contribution in [2.24, 2.45) is 0 Å². The highest BCUT2D eigenvalue weighted by molar-refractivity contribution is 5.91. The molecule has 12 heteroatoms. The van der Waals surface area contributed by atoms with Crippen molar-refractivity contribution < 1.29 is 38.6 Å². The van der Waals surface area contributed by atoms with Crippen LogP contribution in [0.1, 0.15) is 28.2 Å². The molecular weight excluding hydrogens is 640 g/mol. The lowest BCUT2D eigenvalue weighted by molar-refractivity contribution is -0.152. The van der Waals surface area contributed by atoms with Gasteiger partial charge in [0.15, 0.2) is 6.10 Å². The van der Waals surface area contributed by atoms with Crippen molar-refractivity contribution in [3.05, 3.63) is 131 Å². The van der Waals surface area contributed by atoms with Gasteiger partial charge < -0.3 is 35.8 Å². The molecule has 5 rings (SSSR count). The van der Waals surface area contributed by atoms with Gasteiger partial charge in [0.2, 0.25) is 17.7 Å². The summed E-state index contributed by atoms with van der Waals surface area (Å²) in [6, 6.07) is 32.7. The van der Waals surface area contributed by atoms with Gasteiger partial charge in [-0.1, -0.05) is 109 Å². The molecule has 0 radical (unpaired) electrons. The molecule has 0 saturated heterocycles. The highest BCUT2D eigenvalue weighted by Gasteiger charge is 2.29. The lowest BCUT2D eigenvalue weighted by Crippen LogP contribution is -2.51. The minimum Gasteiger partial charge on any atom is -0.479 e. The number of ether oxygens (including phenoxy) is 2. The maximum atomic E-state index is 13.1. The molecule has 1 aliphatic rings. The second-order valence-corrected chi connectivity index (χ2v) is 11.6.